The van der Waals surface area contributed by atoms with Gasteiger partial charge in [-0.05, 0) is 89.2 Å². The first kappa shape index (κ1) is 18.7. The van der Waals surface area contributed by atoms with E-state index in [9.17, 15) is 5.21 Å². The van der Waals surface area contributed by atoms with Crippen LogP contribution < -0.4 is 9.47 Å². The standard InChI is InChI=1S/C25H29NO3/c1-15-9-18-19-10-16(2)25(29-4)13-22(19)23-14-26(27)8-6-5-7-17(26)11-20(23)21(18)12-24(15)28-3/h9-10,12-13,17H,5-8,11,14H2,1-4H3. The predicted octanol–water partition coefficient (Wildman–Crippen LogP) is 5.55. The topological polar surface area (TPSA) is 41.5 Å². The lowest BCUT2D eigenvalue weighted by atomic mass is 9.81. The van der Waals surface area contributed by atoms with Crippen molar-refractivity contribution in [3.63, 3.8) is 0 Å². The Morgan fingerprint density at radius 2 is 1.41 bits per heavy atom. The van der Waals surface area contributed by atoms with Gasteiger partial charge in [-0.1, -0.05) is 0 Å². The largest absolute Gasteiger partial charge is 0.632 e. The molecule has 4 nitrogen and oxygen atoms in total. The van der Waals surface area contributed by atoms with Crippen molar-refractivity contribution in [3.8, 4) is 11.5 Å². The molecular formula is C25H29NO3. The van der Waals surface area contributed by atoms with Crippen LogP contribution in [0.1, 0.15) is 41.5 Å². The third-order valence-corrected chi connectivity index (χ3v) is 7.23. The zero-order valence-electron chi connectivity index (χ0n) is 17.8. The zero-order chi connectivity index (χ0) is 20.3. The number of hydrogen-bond donors (Lipinski definition) is 0. The van der Waals surface area contributed by atoms with Crippen molar-refractivity contribution in [1.29, 1.82) is 0 Å². The summed E-state index contributed by atoms with van der Waals surface area (Å²) in [4.78, 5) is 0. The minimum Gasteiger partial charge on any atom is -0.632 e. The highest BCUT2D eigenvalue weighted by Crippen LogP contribution is 2.45. The fourth-order valence-electron chi connectivity index (χ4n) is 5.66. The monoisotopic (exact) mass is 391 g/mol. The summed E-state index contributed by atoms with van der Waals surface area (Å²) in [6.07, 6.45) is 4.09. The van der Waals surface area contributed by atoms with Crippen molar-refractivity contribution >= 4 is 21.5 Å². The maximum absolute atomic E-state index is 13.7. The Morgan fingerprint density at radius 1 is 0.828 bits per heavy atom. The molecule has 0 aromatic heterocycles. The van der Waals surface area contributed by atoms with Crippen molar-refractivity contribution in [2.24, 2.45) is 0 Å². The number of ether oxygens (including phenoxy) is 2. The second kappa shape index (κ2) is 6.61. The summed E-state index contributed by atoms with van der Waals surface area (Å²) in [5.74, 6) is 1.81. The van der Waals surface area contributed by atoms with Crippen molar-refractivity contribution in [3.05, 3.63) is 51.7 Å². The third-order valence-electron chi connectivity index (χ3n) is 7.23. The normalized spacial score (nSPS) is 23.7. The number of fused-ring (bicyclic) bond motifs is 7. The molecule has 2 unspecified atom stereocenters. The number of methoxy groups -OCH3 is 2. The first-order valence-corrected chi connectivity index (χ1v) is 10.6. The quantitative estimate of drug-likeness (QED) is 0.327. The number of quaternary nitrogens is 1. The Kier molecular flexibility index (Phi) is 4.27. The van der Waals surface area contributed by atoms with E-state index in [4.69, 9.17) is 9.47 Å². The molecule has 0 saturated carbocycles. The fraction of sp³-hybridized carbons (Fsp3) is 0.440. The van der Waals surface area contributed by atoms with Gasteiger partial charge in [-0.15, -0.1) is 0 Å². The van der Waals surface area contributed by atoms with Crippen molar-refractivity contribution < 1.29 is 14.1 Å². The fourth-order valence-corrected chi connectivity index (χ4v) is 5.66. The summed E-state index contributed by atoms with van der Waals surface area (Å²) >= 11 is 0. The summed E-state index contributed by atoms with van der Waals surface area (Å²) in [5, 5.41) is 18.6. The van der Waals surface area contributed by atoms with Crippen LogP contribution in [0.5, 0.6) is 11.5 Å². The smallest absolute Gasteiger partial charge is 0.122 e. The Labute approximate surface area is 172 Å². The molecule has 5 rings (SSSR count). The van der Waals surface area contributed by atoms with Gasteiger partial charge in [0.2, 0.25) is 0 Å². The van der Waals surface area contributed by atoms with Gasteiger partial charge in [-0.2, -0.15) is 0 Å². The van der Waals surface area contributed by atoms with Crippen LogP contribution in [0, 0.1) is 19.1 Å². The van der Waals surface area contributed by atoms with Crippen LogP contribution in [0.4, 0.5) is 0 Å². The van der Waals surface area contributed by atoms with Gasteiger partial charge in [0.25, 0.3) is 0 Å². The number of hydroxylamine groups is 3. The number of nitrogens with zero attached hydrogens (tertiary/aromatic N) is 1. The molecule has 2 aliphatic rings. The van der Waals surface area contributed by atoms with Crippen LogP contribution in [-0.2, 0) is 13.0 Å². The molecule has 0 aliphatic carbocycles. The van der Waals surface area contributed by atoms with Crippen molar-refractivity contribution in [2.45, 2.75) is 52.1 Å². The van der Waals surface area contributed by atoms with E-state index < -0.39 is 0 Å². The molecule has 3 aromatic rings. The van der Waals surface area contributed by atoms with Crippen LogP contribution in [-0.4, -0.2) is 31.5 Å². The Hall–Kier alpha value is -2.30. The van der Waals surface area contributed by atoms with Gasteiger partial charge < -0.3 is 19.3 Å². The summed E-state index contributed by atoms with van der Waals surface area (Å²) in [5.41, 5.74) is 4.81. The number of rotatable bonds is 2. The maximum atomic E-state index is 13.7. The first-order chi connectivity index (χ1) is 13.9. The number of piperidine rings is 1. The highest BCUT2D eigenvalue weighted by Gasteiger charge is 2.39. The van der Waals surface area contributed by atoms with E-state index in [2.05, 4.69) is 38.1 Å². The van der Waals surface area contributed by atoms with E-state index in [1.54, 1.807) is 14.2 Å². The molecule has 0 spiro atoms. The van der Waals surface area contributed by atoms with Gasteiger partial charge in [0.1, 0.15) is 18.0 Å². The molecule has 0 radical (unpaired) electrons. The summed E-state index contributed by atoms with van der Waals surface area (Å²) in [6, 6.07) is 8.99. The highest BCUT2D eigenvalue weighted by atomic mass is 16.5. The minimum absolute atomic E-state index is 0.0627. The second-order valence-corrected chi connectivity index (χ2v) is 8.88. The molecule has 2 atom stereocenters. The molecule has 0 amide bonds. The van der Waals surface area contributed by atoms with Crippen LogP contribution in [0.25, 0.3) is 21.5 Å². The Bertz CT molecular complexity index is 1140. The average molecular weight is 392 g/mol. The lowest BCUT2D eigenvalue weighted by Gasteiger charge is -2.54. The molecule has 2 aliphatic heterocycles. The molecule has 29 heavy (non-hydrogen) atoms. The Balaban J connectivity index is 1.89. The van der Waals surface area contributed by atoms with Crippen LogP contribution >= 0.6 is 0 Å². The first-order valence-electron chi connectivity index (χ1n) is 10.6. The van der Waals surface area contributed by atoms with E-state index in [0.29, 0.717) is 6.54 Å². The molecule has 1 fully saturated rings. The Morgan fingerprint density at radius 3 is 2.00 bits per heavy atom. The second-order valence-electron chi connectivity index (χ2n) is 8.88. The molecule has 1 saturated heterocycles. The third kappa shape index (κ3) is 2.73. The van der Waals surface area contributed by atoms with Gasteiger partial charge in [0.15, 0.2) is 0 Å². The maximum Gasteiger partial charge on any atom is 0.122 e. The zero-order valence-corrected chi connectivity index (χ0v) is 17.8. The summed E-state index contributed by atoms with van der Waals surface area (Å²) < 4.78 is 11.2. The van der Waals surface area contributed by atoms with E-state index in [0.717, 1.165) is 48.4 Å². The number of hydrogen-bond acceptors (Lipinski definition) is 3. The SMILES string of the molecule is COc1cc2c3c(c4cc(OC)c(C)cc4c2cc1C)C[N+]1([O-])CCCCC1C3. The lowest BCUT2D eigenvalue weighted by Crippen LogP contribution is -2.56. The van der Waals surface area contributed by atoms with Crippen LogP contribution in [0.2, 0.25) is 0 Å². The van der Waals surface area contributed by atoms with E-state index in [-0.39, 0.29) is 10.7 Å². The van der Waals surface area contributed by atoms with Gasteiger partial charge in [0.05, 0.1) is 26.8 Å². The van der Waals surface area contributed by atoms with Gasteiger partial charge >= 0.3 is 0 Å². The summed E-state index contributed by atoms with van der Waals surface area (Å²) in [6.45, 7) is 5.49. The highest BCUT2D eigenvalue weighted by molar-refractivity contribution is 6.12. The molecule has 0 bridgehead atoms. The number of benzene rings is 3. The van der Waals surface area contributed by atoms with E-state index >= 15 is 0 Å². The molecule has 2 heterocycles. The predicted molar refractivity (Wildman–Crippen MR) is 118 cm³/mol. The molecule has 152 valence electrons. The van der Waals surface area contributed by atoms with Gasteiger partial charge in [-0.3, -0.25) is 0 Å². The van der Waals surface area contributed by atoms with Crippen molar-refractivity contribution in [1.82, 2.24) is 0 Å². The molecule has 4 heteroatoms. The number of aryl methyl sites for hydroxylation is 2. The van der Waals surface area contributed by atoms with E-state index in [1.807, 2.05) is 0 Å². The average Bonchev–Trinajstić information content (AvgIpc) is 2.71. The van der Waals surface area contributed by atoms with Gasteiger partial charge in [0, 0.05) is 18.4 Å². The lowest BCUT2D eigenvalue weighted by molar-refractivity contribution is -0.925. The minimum atomic E-state index is -0.0627. The van der Waals surface area contributed by atoms with Crippen LogP contribution in [0.3, 0.4) is 0 Å². The van der Waals surface area contributed by atoms with Crippen molar-refractivity contribution in [2.75, 3.05) is 20.8 Å². The molecular weight excluding hydrogens is 362 g/mol. The van der Waals surface area contributed by atoms with Gasteiger partial charge in [-0.25, -0.2) is 0 Å². The van der Waals surface area contributed by atoms with E-state index in [1.165, 1.54) is 39.1 Å². The molecule has 0 N–H and O–H groups in total. The molecule has 3 aromatic carbocycles. The van der Waals surface area contributed by atoms with Crippen LogP contribution in [0.15, 0.2) is 24.3 Å². The summed E-state index contributed by atoms with van der Waals surface area (Å²) in [7, 11) is 3.45.